The van der Waals surface area contributed by atoms with E-state index in [4.69, 9.17) is 0 Å². The van der Waals surface area contributed by atoms with Gasteiger partial charge in [-0.05, 0) is 50.7 Å². The van der Waals surface area contributed by atoms with Gasteiger partial charge in [0.1, 0.15) is 5.82 Å². The quantitative estimate of drug-likeness (QED) is 0.853. The van der Waals surface area contributed by atoms with Crippen molar-refractivity contribution in [2.24, 2.45) is 5.92 Å². The smallest absolute Gasteiger partial charge is 0.226 e. The van der Waals surface area contributed by atoms with Crippen LogP contribution in [-0.4, -0.2) is 49.0 Å². The van der Waals surface area contributed by atoms with E-state index in [1.807, 2.05) is 31.3 Å². The van der Waals surface area contributed by atoms with Crippen molar-refractivity contribution in [3.05, 3.63) is 30.5 Å². The summed E-state index contributed by atoms with van der Waals surface area (Å²) in [5.74, 6) is 1.53. The standard InChI is InChI=1S/C20H30N4O/c1-23(2)19-11-10-18(15-21-19)22-17-9-6-13-24(14-12-17)20(25)16-7-4-3-5-8-16/h3-4,10-11,15-17,22H,5-9,12-14H2,1-2H3/t16-,17+/m0/s1. The second-order valence-electron chi connectivity index (χ2n) is 7.38. The third kappa shape index (κ3) is 4.74. The number of pyridine rings is 1. The fraction of sp³-hybridized carbons (Fsp3) is 0.600. The molecule has 3 rings (SSSR count). The Labute approximate surface area is 151 Å². The molecule has 2 aliphatic rings. The maximum absolute atomic E-state index is 12.7. The molecule has 0 saturated carbocycles. The average molecular weight is 342 g/mol. The van der Waals surface area contributed by atoms with Crippen LogP contribution in [0, 0.1) is 5.92 Å². The molecule has 1 aliphatic carbocycles. The van der Waals surface area contributed by atoms with Gasteiger partial charge in [-0.2, -0.15) is 0 Å². The summed E-state index contributed by atoms with van der Waals surface area (Å²) < 4.78 is 0. The second-order valence-corrected chi connectivity index (χ2v) is 7.38. The average Bonchev–Trinajstić information content (AvgIpc) is 2.88. The first-order valence-corrected chi connectivity index (χ1v) is 9.47. The molecule has 1 saturated heterocycles. The van der Waals surface area contributed by atoms with E-state index >= 15 is 0 Å². The highest BCUT2D eigenvalue weighted by Crippen LogP contribution is 2.23. The van der Waals surface area contributed by atoms with Crippen LogP contribution >= 0.6 is 0 Å². The van der Waals surface area contributed by atoms with Crippen LogP contribution in [-0.2, 0) is 4.79 Å². The molecule has 1 aliphatic heterocycles. The highest BCUT2D eigenvalue weighted by atomic mass is 16.2. The van der Waals surface area contributed by atoms with Crippen LogP contribution in [0.1, 0.15) is 38.5 Å². The molecule has 0 aromatic carbocycles. The summed E-state index contributed by atoms with van der Waals surface area (Å²) in [5, 5.41) is 3.60. The van der Waals surface area contributed by atoms with Crippen LogP contribution in [0.4, 0.5) is 11.5 Å². The van der Waals surface area contributed by atoms with Gasteiger partial charge in [0.25, 0.3) is 0 Å². The minimum absolute atomic E-state index is 0.206. The molecular formula is C20H30N4O. The van der Waals surface area contributed by atoms with Gasteiger partial charge >= 0.3 is 0 Å². The predicted molar refractivity (Wildman–Crippen MR) is 103 cm³/mol. The van der Waals surface area contributed by atoms with E-state index in [9.17, 15) is 4.79 Å². The molecule has 1 amide bonds. The molecule has 0 radical (unpaired) electrons. The SMILES string of the molecule is CN(C)c1ccc(N[C@@H]2CCCN(C(=O)[C@H]3CC=CCC3)CC2)cn1. The molecule has 25 heavy (non-hydrogen) atoms. The maximum Gasteiger partial charge on any atom is 0.226 e. The molecule has 5 nitrogen and oxygen atoms in total. The highest BCUT2D eigenvalue weighted by Gasteiger charge is 2.26. The topological polar surface area (TPSA) is 48.5 Å². The number of carbonyl (C=O) groups is 1. The van der Waals surface area contributed by atoms with E-state index in [-0.39, 0.29) is 5.92 Å². The molecule has 1 aromatic rings. The van der Waals surface area contributed by atoms with Crippen LogP contribution in [0.15, 0.2) is 30.5 Å². The third-order valence-corrected chi connectivity index (χ3v) is 5.23. The zero-order valence-electron chi connectivity index (χ0n) is 15.4. The van der Waals surface area contributed by atoms with Gasteiger partial charge in [-0.1, -0.05) is 12.2 Å². The Morgan fingerprint density at radius 2 is 2.08 bits per heavy atom. The normalized spacial score (nSPS) is 23.8. The van der Waals surface area contributed by atoms with Crippen molar-refractivity contribution in [3.8, 4) is 0 Å². The minimum atomic E-state index is 0.206. The van der Waals surface area contributed by atoms with Crippen molar-refractivity contribution in [1.29, 1.82) is 0 Å². The van der Waals surface area contributed by atoms with Gasteiger partial charge in [0.2, 0.25) is 5.91 Å². The number of allylic oxidation sites excluding steroid dienone is 2. The summed E-state index contributed by atoms with van der Waals surface area (Å²) in [7, 11) is 3.99. The lowest BCUT2D eigenvalue weighted by atomic mass is 9.93. The molecule has 0 spiro atoms. The van der Waals surface area contributed by atoms with Crippen LogP contribution in [0.5, 0.6) is 0 Å². The Balaban J connectivity index is 1.52. The first kappa shape index (κ1) is 17.8. The predicted octanol–water partition coefficient (Wildman–Crippen LogP) is 3.30. The van der Waals surface area contributed by atoms with Gasteiger partial charge in [-0.15, -0.1) is 0 Å². The number of hydrogen-bond donors (Lipinski definition) is 1. The molecule has 1 aromatic heterocycles. The van der Waals surface area contributed by atoms with Crippen LogP contribution < -0.4 is 10.2 Å². The molecular weight excluding hydrogens is 312 g/mol. The highest BCUT2D eigenvalue weighted by molar-refractivity contribution is 5.79. The number of carbonyl (C=O) groups excluding carboxylic acids is 1. The molecule has 1 N–H and O–H groups in total. The largest absolute Gasteiger partial charge is 0.381 e. The Morgan fingerprint density at radius 3 is 2.76 bits per heavy atom. The number of anilines is 2. The summed E-state index contributed by atoms with van der Waals surface area (Å²) in [6, 6.07) is 4.53. The molecule has 136 valence electrons. The van der Waals surface area contributed by atoms with E-state index in [1.165, 1.54) is 0 Å². The second kappa shape index (κ2) is 8.37. The van der Waals surface area contributed by atoms with Gasteiger partial charge in [0, 0.05) is 39.1 Å². The van der Waals surface area contributed by atoms with Crippen molar-refractivity contribution >= 4 is 17.4 Å². The van der Waals surface area contributed by atoms with Crippen LogP contribution in [0.2, 0.25) is 0 Å². The number of nitrogens with zero attached hydrogens (tertiary/aromatic N) is 3. The van der Waals surface area contributed by atoms with Crippen molar-refractivity contribution in [2.75, 3.05) is 37.4 Å². The number of hydrogen-bond acceptors (Lipinski definition) is 4. The van der Waals surface area contributed by atoms with E-state index in [1.54, 1.807) is 0 Å². The summed E-state index contributed by atoms with van der Waals surface area (Å²) in [6.45, 7) is 1.76. The van der Waals surface area contributed by atoms with Crippen LogP contribution in [0.25, 0.3) is 0 Å². The Hall–Kier alpha value is -2.04. The maximum atomic E-state index is 12.7. The number of nitrogens with one attached hydrogen (secondary N) is 1. The van der Waals surface area contributed by atoms with Crippen molar-refractivity contribution in [1.82, 2.24) is 9.88 Å². The van der Waals surface area contributed by atoms with Gasteiger partial charge < -0.3 is 15.1 Å². The van der Waals surface area contributed by atoms with Crippen molar-refractivity contribution < 1.29 is 4.79 Å². The zero-order valence-corrected chi connectivity index (χ0v) is 15.4. The van der Waals surface area contributed by atoms with Gasteiger partial charge in [-0.25, -0.2) is 4.98 Å². The lowest BCUT2D eigenvalue weighted by Crippen LogP contribution is -2.37. The number of likely N-dealkylation sites (tertiary alicyclic amines) is 1. The molecule has 2 heterocycles. The fourth-order valence-corrected chi connectivity index (χ4v) is 3.71. The summed E-state index contributed by atoms with van der Waals surface area (Å²) in [6.07, 6.45) is 12.4. The number of amides is 1. The Morgan fingerprint density at radius 1 is 1.20 bits per heavy atom. The summed E-state index contributed by atoms with van der Waals surface area (Å²) in [5.41, 5.74) is 1.06. The van der Waals surface area contributed by atoms with Gasteiger partial charge in [0.05, 0.1) is 11.9 Å². The number of aromatic nitrogens is 1. The van der Waals surface area contributed by atoms with E-state index in [0.29, 0.717) is 11.9 Å². The monoisotopic (exact) mass is 342 g/mol. The van der Waals surface area contributed by atoms with Crippen molar-refractivity contribution in [2.45, 2.75) is 44.6 Å². The molecule has 0 unspecified atom stereocenters. The molecule has 1 fully saturated rings. The molecule has 0 bridgehead atoms. The molecule has 2 atom stereocenters. The summed E-state index contributed by atoms with van der Waals surface area (Å²) in [4.78, 5) is 21.3. The first-order valence-electron chi connectivity index (χ1n) is 9.47. The van der Waals surface area contributed by atoms with Gasteiger partial charge in [0.15, 0.2) is 0 Å². The van der Waals surface area contributed by atoms with E-state index in [0.717, 1.165) is 63.1 Å². The fourth-order valence-electron chi connectivity index (χ4n) is 3.71. The molecule has 5 heteroatoms. The lowest BCUT2D eigenvalue weighted by molar-refractivity contribution is -0.135. The Kier molecular flexibility index (Phi) is 5.95. The zero-order chi connectivity index (χ0) is 17.6. The number of rotatable bonds is 4. The first-order chi connectivity index (χ1) is 12.1. The lowest BCUT2D eigenvalue weighted by Gasteiger charge is -2.27. The van der Waals surface area contributed by atoms with Gasteiger partial charge in [-0.3, -0.25) is 4.79 Å². The van der Waals surface area contributed by atoms with E-state index < -0.39 is 0 Å². The van der Waals surface area contributed by atoms with Crippen LogP contribution in [0.3, 0.4) is 0 Å². The minimum Gasteiger partial charge on any atom is -0.381 e. The third-order valence-electron chi connectivity index (χ3n) is 5.23. The summed E-state index contributed by atoms with van der Waals surface area (Å²) >= 11 is 0. The Bertz CT molecular complexity index is 596. The van der Waals surface area contributed by atoms with Crippen molar-refractivity contribution in [3.63, 3.8) is 0 Å². The van der Waals surface area contributed by atoms with E-state index in [2.05, 4.69) is 33.4 Å².